The number of rotatable bonds is 3. The molecule has 1 heterocycles. The average molecular weight is 298 g/mol. The molecule has 12 heteroatoms. The summed E-state index contributed by atoms with van der Waals surface area (Å²) in [6.07, 6.45) is -4.79. The van der Waals surface area contributed by atoms with Crippen LogP contribution in [-0.2, 0) is 27.1 Å². The van der Waals surface area contributed by atoms with Crippen molar-refractivity contribution in [1.82, 2.24) is 10.2 Å². The summed E-state index contributed by atoms with van der Waals surface area (Å²) in [5.41, 5.74) is -7.60. The number of halogens is 6. The zero-order valence-electron chi connectivity index (χ0n) is 8.13. The predicted octanol–water partition coefficient (Wildman–Crippen LogP) is 1.79. The maximum absolute atomic E-state index is 12.0. The lowest BCUT2D eigenvalue weighted by atomic mass is 10.3. The number of alkyl halides is 6. The molecule has 0 saturated carbocycles. The smallest absolute Gasteiger partial charge is 0.280 e. The SMILES string of the molecule is O=S(=O)(OCc1cc(C(F)(F)F)n[nH]1)C(F)(F)F. The first-order valence-corrected chi connectivity index (χ1v) is 5.41. The van der Waals surface area contributed by atoms with Gasteiger partial charge in [0.1, 0.15) is 6.61 Å². The Morgan fingerprint density at radius 3 is 2.17 bits per heavy atom. The molecule has 1 N–H and O–H groups in total. The topological polar surface area (TPSA) is 72.1 Å². The molecule has 5 nitrogen and oxygen atoms in total. The van der Waals surface area contributed by atoms with E-state index in [1.807, 2.05) is 0 Å². The summed E-state index contributed by atoms with van der Waals surface area (Å²) in [5.74, 6) is 0. The molecule has 0 aliphatic carbocycles. The first-order chi connectivity index (χ1) is 7.93. The summed E-state index contributed by atoms with van der Waals surface area (Å²) in [6.45, 7) is -1.23. The van der Waals surface area contributed by atoms with Crippen LogP contribution in [0.3, 0.4) is 0 Å². The van der Waals surface area contributed by atoms with E-state index in [9.17, 15) is 34.8 Å². The molecule has 0 aliphatic heterocycles. The third-order valence-electron chi connectivity index (χ3n) is 1.57. The molecular formula is C6H4F6N2O3S. The lowest BCUT2D eigenvalue weighted by Crippen LogP contribution is -2.25. The van der Waals surface area contributed by atoms with Crippen molar-refractivity contribution >= 4 is 10.1 Å². The fraction of sp³-hybridized carbons (Fsp3) is 0.500. The molecule has 1 aromatic rings. The van der Waals surface area contributed by atoms with E-state index in [0.717, 1.165) is 0 Å². The Labute approximate surface area is 95.9 Å². The van der Waals surface area contributed by atoms with Gasteiger partial charge in [-0.15, -0.1) is 0 Å². The molecule has 1 rings (SSSR count). The van der Waals surface area contributed by atoms with Crippen molar-refractivity contribution in [3.63, 3.8) is 0 Å². The van der Waals surface area contributed by atoms with Crippen LogP contribution in [0.1, 0.15) is 11.4 Å². The minimum Gasteiger partial charge on any atom is -0.280 e. The van der Waals surface area contributed by atoms with Gasteiger partial charge < -0.3 is 0 Å². The van der Waals surface area contributed by atoms with Gasteiger partial charge in [0.05, 0.1) is 5.69 Å². The lowest BCUT2D eigenvalue weighted by Gasteiger charge is -2.06. The molecule has 1 aromatic heterocycles. The highest BCUT2D eigenvalue weighted by atomic mass is 32.2. The van der Waals surface area contributed by atoms with Gasteiger partial charge in [-0.25, -0.2) is 0 Å². The molecule has 0 saturated heterocycles. The Balaban J connectivity index is 2.75. The van der Waals surface area contributed by atoms with Crippen molar-refractivity contribution in [1.29, 1.82) is 0 Å². The zero-order chi connectivity index (χ0) is 14.2. The predicted molar refractivity (Wildman–Crippen MR) is 43.4 cm³/mol. The summed E-state index contributed by atoms with van der Waals surface area (Å²) in [6, 6.07) is 0.339. The van der Waals surface area contributed by atoms with Crippen molar-refractivity contribution < 1.29 is 38.9 Å². The van der Waals surface area contributed by atoms with E-state index in [1.54, 1.807) is 5.10 Å². The molecule has 0 aromatic carbocycles. The van der Waals surface area contributed by atoms with Gasteiger partial charge in [0.2, 0.25) is 0 Å². The van der Waals surface area contributed by atoms with Gasteiger partial charge in [0.25, 0.3) is 0 Å². The van der Waals surface area contributed by atoms with Gasteiger partial charge in [-0.2, -0.15) is 39.9 Å². The van der Waals surface area contributed by atoms with Crippen LogP contribution >= 0.6 is 0 Å². The van der Waals surface area contributed by atoms with E-state index in [2.05, 4.69) is 9.28 Å². The molecule has 0 bridgehead atoms. The number of hydrogen-bond acceptors (Lipinski definition) is 4. The molecule has 0 unspecified atom stereocenters. The highest BCUT2D eigenvalue weighted by molar-refractivity contribution is 7.87. The van der Waals surface area contributed by atoms with Crippen molar-refractivity contribution in [3.8, 4) is 0 Å². The van der Waals surface area contributed by atoms with Crippen molar-refractivity contribution in [2.24, 2.45) is 0 Å². The Bertz CT molecular complexity index is 516. The largest absolute Gasteiger partial charge is 0.523 e. The van der Waals surface area contributed by atoms with E-state index in [-0.39, 0.29) is 0 Å². The Morgan fingerprint density at radius 2 is 1.78 bits per heavy atom. The third-order valence-corrected chi connectivity index (χ3v) is 2.57. The number of nitrogens with zero attached hydrogens (tertiary/aromatic N) is 1. The summed E-state index contributed by atoms with van der Waals surface area (Å²) >= 11 is 0. The maximum Gasteiger partial charge on any atom is 0.523 e. The minimum atomic E-state index is -5.85. The van der Waals surface area contributed by atoms with Crippen molar-refractivity contribution in [3.05, 3.63) is 17.5 Å². The molecule has 0 amide bonds. The van der Waals surface area contributed by atoms with Gasteiger partial charge in [-0.1, -0.05) is 0 Å². The molecule has 0 spiro atoms. The molecule has 104 valence electrons. The van der Waals surface area contributed by atoms with Gasteiger partial charge in [-0.05, 0) is 6.07 Å². The van der Waals surface area contributed by atoms with E-state index < -0.39 is 39.8 Å². The van der Waals surface area contributed by atoms with Crippen molar-refractivity contribution in [2.75, 3.05) is 0 Å². The van der Waals surface area contributed by atoms with Crippen LogP contribution in [0.5, 0.6) is 0 Å². The molecule has 0 aliphatic rings. The zero-order valence-corrected chi connectivity index (χ0v) is 8.95. The first-order valence-electron chi connectivity index (χ1n) is 4.00. The van der Waals surface area contributed by atoms with E-state index in [1.165, 1.54) is 0 Å². The van der Waals surface area contributed by atoms with Crippen LogP contribution in [0.4, 0.5) is 26.3 Å². The lowest BCUT2D eigenvalue weighted by molar-refractivity contribution is -0.141. The minimum absolute atomic E-state index is 0.339. The van der Waals surface area contributed by atoms with E-state index in [0.29, 0.717) is 6.07 Å². The Morgan fingerprint density at radius 1 is 1.22 bits per heavy atom. The van der Waals surface area contributed by atoms with Gasteiger partial charge >= 0.3 is 21.8 Å². The number of aromatic amines is 1. The fourth-order valence-corrected chi connectivity index (χ4v) is 1.20. The van der Waals surface area contributed by atoms with Crippen LogP contribution in [0.2, 0.25) is 0 Å². The summed E-state index contributed by atoms with van der Waals surface area (Å²) in [5, 5.41) is 4.45. The van der Waals surface area contributed by atoms with E-state index >= 15 is 0 Å². The van der Waals surface area contributed by atoms with Crippen LogP contribution in [0.25, 0.3) is 0 Å². The van der Waals surface area contributed by atoms with Gasteiger partial charge in [-0.3, -0.25) is 9.28 Å². The standard InChI is InChI=1S/C6H4F6N2O3S/c7-5(8,9)4-1-3(13-14-4)2-17-18(15,16)6(10,11)12/h1H,2H2,(H,13,14). The normalized spacial score (nSPS) is 13.9. The second-order valence-electron chi connectivity index (χ2n) is 2.94. The quantitative estimate of drug-likeness (QED) is 0.524. The summed E-state index contributed by atoms with van der Waals surface area (Å²) in [4.78, 5) is 0. The Hall–Kier alpha value is -1.30. The summed E-state index contributed by atoms with van der Waals surface area (Å²) in [7, 11) is -5.85. The van der Waals surface area contributed by atoms with Crippen molar-refractivity contribution in [2.45, 2.75) is 18.3 Å². The van der Waals surface area contributed by atoms with Gasteiger partial charge in [0.15, 0.2) is 5.69 Å². The number of aromatic nitrogens is 2. The van der Waals surface area contributed by atoms with Gasteiger partial charge in [0, 0.05) is 0 Å². The van der Waals surface area contributed by atoms with Crippen LogP contribution in [-0.4, -0.2) is 24.1 Å². The Kier molecular flexibility index (Phi) is 3.63. The second-order valence-corrected chi connectivity index (χ2v) is 4.55. The molecule has 0 atom stereocenters. The first kappa shape index (κ1) is 14.8. The molecule has 0 fully saturated rings. The number of nitrogens with one attached hydrogen (secondary N) is 1. The van der Waals surface area contributed by atoms with Crippen LogP contribution in [0, 0.1) is 0 Å². The fourth-order valence-electron chi connectivity index (χ4n) is 0.789. The summed E-state index contributed by atoms with van der Waals surface area (Å²) < 4.78 is 95.9. The molecular weight excluding hydrogens is 294 g/mol. The molecule has 0 radical (unpaired) electrons. The molecule has 18 heavy (non-hydrogen) atoms. The number of H-pyrrole nitrogens is 1. The monoisotopic (exact) mass is 298 g/mol. The third kappa shape index (κ3) is 3.35. The van der Waals surface area contributed by atoms with E-state index in [4.69, 9.17) is 0 Å². The second kappa shape index (κ2) is 4.42. The highest BCUT2D eigenvalue weighted by Crippen LogP contribution is 2.29. The average Bonchev–Trinajstić information content (AvgIpc) is 2.60. The maximum atomic E-state index is 12.0. The van der Waals surface area contributed by atoms with Crippen LogP contribution in [0.15, 0.2) is 6.07 Å². The van der Waals surface area contributed by atoms with Crippen LogP contribution < -0.4 is 0 Å². The number of hydrogen-bond donors (Lipinski definition) is 1. The highest BCUT2D eigenvalue weighted by Gasteiger charge is 2.47.